The van der Waals surface area contributed by atoms with Crippen LogP contribution >= 0.6 is 0 Å². The first-order valence-electron chi connectivity index (χ1n) is 6.38. The Morgan fingerprint density at radius 3 is 2.94 bits per heavy atom. The second kappa shape index (κ2) is 4.71. The smallest absolute Gasteiger partial charge is 0.147 e. The van der Waals surface area contributed by atoms with E-state index in [0.717, 1.165) is 38.0 Å². The fourth-order valence-electron chi connectivity index (χ4n) is 2.67. The summed E-state index contributed by atoms with van der Waals surface area (Å²) in [5.41, 5.74) is 0.678. The van der Waals surface area contributed by atoms with E-state index in [1.165, 1.54) is 6.07 Å². The topological polar surface area (TPSA) is 28.4 Å². The maximum Gasteiger partial charge on any atom is 0.147 e. The Labute approximate surface area is 105 Å². The number of fused-ring (bicyclic) bond motifs is 1. The average molecular weight is 248 g/mol. The van der Waals surface area contributed by atoms with E-state index in [1.807, 2.05) is 22.9 Å². The molecule has 1 atom stereocenters. The summed E-state index contributed by atoms with van der Waals surface area (Å²) in [6.45, 7) is 3.29. The van der Waals surface area contributed by atoms with Crippen molar-refractivity contribution in [3.63, 3.8) is 0 Å². The Hall–Kier alpha value is -1.39. The molecule has 4 heteroatoms. The summed E-state index contributed by atoms with van der Waals surface area (Å²) in [5, 5.41) is 10.4. The standard InChI is InChI=1S/C14H17FN2O/c15-13-3-1-2-11-4-7-17(14(11)13)9-8-16-6-5-12(18)10-16/h1-4,7,12,18H,5-6,8-10H2. The Bertz CT molecular complexity index is 552. The van der Waals surface area contributed by atoms with Gasteiger partial charge in [0.2, 0.25) is 0 Å². The zero-order valence-corrected chi connectivity index (χ0v) is 10.2. The van der Waals surface area contributed by atoms with Crippen LogP contribution in [-0.2, 0) is 6.54 Å². The van der Waals surface area contributed by atoms with Crippen LogP contribution < -0.4 is 0 Å². The molecule has 2 aromatic rings. The molecule has 0 radical (unpaired) electrons. The van der Waals surface area contributed by atoms with Crippen molar-refractivity contribution in [1.82, 2.24) is 9.47 Å². The van der Waals surface area contributed by atoms with Crippen LogP contribution in [0.25, 0.3) is 10.9 Å². The summed E-state index contributed by atoms with van der Waals surface area (Å²) in [7, 11) is 0. The van der Waals surface area contributed by atoms with E-state index >= 15 is 0 Å². The molecular weight excluding hydrogens is 231 g/mol. The number of β-amino-alcohol motifs (C(OH)–C–C–N with tert-alkyl or cyclic N) is 1. The third-order valence-corrected chi connectivity index (χ3v) is 3.64. The van der Waals surface area contributed by atoms with Crippen molar-refractivity contribution in [3.8, 4) is 0 Å². The van der Waals surface area contributed by atoms with Crippen LogP contribution in [0.15, 0.2) is 30.5 Å². The predicted molar refractivity (Wildman–Crippen MR) is 69.0 cm³/mol. The monoisotopic (exact) mass is 248 g/mol. The van der Waals surface area contributed by atoms with Crippen molar-refractivity contribution in [2.45, 2.75) is 19.1 Å². The van der Waals surface area contributed by atoms with Crippen molar-refractivity contribution in [2.24, 2.45) is 0 Å². The minimum atomic E-state index is -0.192. The zero-order valence-electron chi connectivity index (χ0n) is 10.2. The average Bonchev–Trinajstić information content (AvgIpc) is 2.94. The molecule has 1 saturated heterocycles. The first-order valence-corrected chi connectivity index (χ1v) is 6.38. The van der Waals surface area contributed by atoms with Crippen molar-refractivity contribution in [3.05, 3.63) is 36.3 Å². The molecule has 3 rings (SSSR count). The van der Waals surface area contributed by atoms with E-state index in [-0.39, 0.29) is 11.9 Å². The van der Waals surface area contributed by atoms with Crippen LogP contribution in [0.2, 0.25) is 0 Å². The Morgan fingerprint density at radius 2 is 2.17 bits per heavy atom. The lowest BCUT2D eigenvalue weighted by molar-refractivity contribution is 0.175. The number of aromatic nitrogens is 1. The molecule has 0 saturated carbocycles. The van der Waals surface area contributed by atoms with Crippen molar-refractivity contribution in [2.75, 3.05) is 19.6 Å². The normalized spacial score (nSPS) is 20.9. The maximum atomic E-state index is 13.8. The van der Waals surface area contributed by atoms with Gasteiger partial charge in [-0.2, -0.15) is 0 Å². The highest BCUT2D eigenvalue weighted by Crippen LogP contribution is 2.19. The fourth-order valence-corrected chi connectivity index (χ4v) is 2.67. The van der Waals surface area contributed by atoms with Crippen LogP contribution in [0.1, 0.15) is 6.42 Å². The fraction of sp³-hybridized carbons (Fsp3) is 0.429. The molecule has 1 fully saturated rings. The summed E-state index contributed by atoms with van der Waals surface area (Å²) in [4.78, 5) is 2.22. The van der Waals surface area contributed by atoms with Crippen molar-refractivity contribution in [1.29, 1.82) is 0 Å². The molecule has 0 aliphatic carbocycles. The molecular formula is C14H17FN2O. The molecule has 1 aromatic heterocycles. The molecule has 96 valence electrons. The van der Waals surface area contributed by atoms with E-state index in [9.17, 15) is 9.50 Å². The summed E-state index contributed by atoms with van der Waals surface area (Å²) >= 11 is 0. The van der Waals surface area contributed by atoms with E-state index in [4.69, 9.17) is 0 Å². The van der Waals surface area contributed by atoms with Gasteiger partial charge in [0, 0.05) is 37.8 Å². The number of rotatable bonds is 3. The molecule has 1 unspecified atom stereocenters. The van der Waals surface area contributed by atoms with Gasteiger partial charge in [0.25, 0.3) is 0 Å². The van der Waals surface area contributed by atoms with Gasteiger partial charge < -0.3 is 9.67 Å². The molecule has 18 heavy (non-hydrogen) atoms. The molecule has 1 aromatic carbocycles. The van der Waals surface area contributed by atoms with Gasteiger partial charge in [-0.25, -0.2) is 4.39 Å². The van der Waals surface area contributed by atoms with Crippen LogP contribution in [-0.4, -0.2) is 40.3 Å². The molecule has 1 aliphatic rings. The minimum Gasteiger partial charge on any atom is -0.392 e. The summed E-state index contributed by atoms with van der Waals surface area (Å²) in [6, 6.07) is 7.10. The van der Waals surface area contributed by atoms with Gasteiger partial charge in [0.15, 0.2) is 0 Å². The number of nitrogens with zero attached hydrogens (tertiary/aromatic N) is 2. The number of para-hydroxylation sites is 1. The summed E-state index contributed by atoms with van der Waals surface area (Å²) < 4.78 is 15.7. The van der Waals surface area contributed by atoms with Gasteiger partial charge >= 0.3 is 0 Å². The maximum absolute atomic E-state index is 13.8. The molecule has 1 aliphatic heterocycles. The number of hydrogen-bond donors (Lipinski definition) is 1. The zero-order chi connectivity index (χ0) is 12.5. The second-order valence-electron chi connectivity index (χ2n) is 4.93. The van der Waals surface area contributed by atoms with Gasteiger partial charge in [0.1, 0.15) is 5.82 Å². The van der Waals surface area contributed by atoms with Gasteiger partial charge in [0.05, 0.1) is 11.6 Å². The molecule has 0 bridgehead atoms. The number of benzene rings is 1. The summed E-state index contributed by atoms with van der Waals surface area (Å²) in [5.74, 6) is -0.168. The number of aliphatic hydroxyl groups excluding tert-OH is 1. The van der Waals surface area contributed by atoms with Gasteiger partial charge in [-0.15, -0.1) is 0 Å². The van der Waals surface area contributed by atoms with E-state index in [0.29, 0.717) is 5.52 Å². The Morgan fingerprint density at radius 1 is 1.28 bits per heavy atom. The van der Waals surface area contributed by atoms with Gasteiger partial charge in [-0.1, -0.05) is 12.1 Å². The number of halogens is 1. The van der Waals surface area contributed by atoms with Crippen LogP contribution in [0.4, 0.5) is 4.39 Å². The Kier molecular flexibility index (Phi) is 3.06. The lowest BCUT2D eigenvalue weighted by Crippen LogP contribution is -2.26. The Balaban J connectivity index is 1.75. The third-order valence-electron chi connectivity index (χ3n) is 3.64. The molecule has 2 heterocycles. The largest absolute Gasteiger partial charge is 0.392 e. The van der Waals surface area contributed by atoms with Gasteiger partial charge in [-0.05, 0) is 18.6 Å². The first kappa shape index (κ1) is 11.7. The third kappa shape index (κ3) is 2.13. The van der Waals surface area contributed by atoms with Crippen molar-refractivity contribution >= 4 is 10.9 Å². The number of aliphatic hydroxyl groups is 1. The van der Waals surface area contributed by atoms with Crippen LogP contribution in [0.3, 0.4) is 0 Å². The molecule has 0 amide bonds. The van der Waals surface area contributed by atoms with Crippen LogP contribution in [0, 0.1) is 5.82 Å². The molecule has 1 N–H and O–H groups in total. The van der Waals surface area contributed by atoms with E-state index in [2.05, 4.69) is 4.90 Å². The van der Waals surface area contributed by atoms with E-state index in [1.54, 1.807) is 6.07 Å². The predicted octanol–water partition coefficient (Wildman–Crippen LogP) is 1.85. The number of hydrogen-bond acceptors (Lipinski definition) is 2. The number of likely N-dealkylation sites (tertiary alicyclic amines) is 1. The minimum absolute atomic E-state index is 0.168. The first-order chi connectivity index (χ1) is 8.74. The lowest BCUT2D eigenvalue weighted by Gasteiger charge is -2.15. The highest BCUT2D eigenvalue weighted by atomic mass is 19.1. The van der Waals surface area contributed by atoms with Gasteiger partial charge in [-0.3, -0.25) is 4.90 Å². The highest BCUT2D eigenvalue weighted by molar-refractivity contribution is 5.80. The second-order valence-corrected chi connectivity index (χ2v) is 4.93. The quantitative estimate of drug-likeness (QED) is 0.898. The SMILES string of the molecule is OC1CCN(CCn2ccc3cccc(F)c32)C1. The summed E-state index contributed by atoms with van der Waals surface area (Å²) in [6.07, 6.45) is 2.59. The van der Waals surface area contributed by atoms with E-state index < -0.39 is 0 Å². The lowest BCUT2D eigenvalue weighted by atomic mass is 10.2. The molecule has 3 nitrogen and oxygen atoms in total. The highest BCUT2D eigenvalue weighted by Gasteiger charge is 2.19. The van der Waals surface area contributed by atoms with Crippen LogP contribution in [0.5, 0.6) is 0 Å². The molecule has 0 spiro atoms. The van der Waals surface area contributed by atoms with Crippen molar-refractivity contribution < 1.29 is 9.50 Å².